The molecule has 1 aliphatic heterocycles. The highest BCUT2D eigenvalue weighted by molar-refractivity contribution is 7.99. The predicted molar refractivity (Wildman–Crippen MR) is 77.4 cm³/mol. The van der Waals surface area contributed by atoms with E-state index in [1.807, 2.05) is 32.9 Å². The van der Waals surface area contributed by atoms with Gasteiger partial charge in [-0.2, -0.15) is 0 Å². The van der Waals surface area contributed by atoms with Crippen molar-refractivity contribution in [3.63, 3.8) is 0 Å². The molecule has 6 heteroatoms. The van der Waals surface area contributed by atoms with Gasteiger partial charge in [0.25, 0.3) is 0 Å². The molecule has 1 fully saturated rings. The number of amides is 1. The van der Waals surface area contributed by atoms with Gasteiger partial charge in [0.1, 0.15) is 23.3 Å². The number of aldehydes is 1. The first-order chi connectivity index (χ1) is 9.42. The quantitative estimate of drug-likeness (QED) is 0.785. The van der Waals surface area contributed by atoms with Crippen molar-refractivity contribution >= 4 is 24.1 Å². The minimum atomic E-state index is -0.586. The Morgan fingerprint density at radius 2 is 2.30 bits per heavy atom. The number of ether oxygens (including phenoxy) is 1. The lowest BCUT2D eigenvalue weighted by Gasteiger charge is -2.30. The molecule has 0 saturated carbocycles. The van der Waals surface area contributed by atoms with E-state index in [1.54, 1.807) is 24.2 Å². The van der Waals surface area contributed by atoms with Crippen LogP contribution in [0, 0.1) is 0 Å². The fourth-order valence-corrected chi connectivity index (χ4v) is 3.31. The second kappa shape index (κ2) is 5.83. The molecule has 20 heavy (non-hydrogen) atoms. The summed E-state index contributed by atoms with van der Waals surface area (Å²) < 4.78 is 5.40. The number of nitrogens with zero attached hydrogens (tertiary/aromatic N) is 2. The van der Waals surface area contributed by atoms with Crippen LogP contribution in [-0.4, -0.2) is 39.7 Å². The van der Waals surface area contributed by atoms with E-state index in [0.29, 0.717) is 5.75 Å². The zero-order valence-electron chi connectivity index (χ0n) is 11.8. The van der Waals surface area contributed by atoms with Crippen molar-refractivity contribution in [3.8, 4) is 0 Å². The fraction of sp³-hybridized carbons (Fsp3) is 0.500. The Morgan fingerprint density at radius 1 is 1.55 bits per heavy atom. The summed E-state index contributed by atoms with van der Waals surface area (Å²) in [7, 11) is 0. The Hall–Kier alpha value is -1.56. The average Bonchev–Trinajstić information content (AvgIpc) is 2.81. The first-order valence-corrected chi connectivity index (χ1v) is 7.45. The van der Waals surface area contributed by atoms with Crippen molar-refractivity contribution in [2.75, 3.05) is 5.75 Å². The standard InChI is InChI=1S/C14H18N2O3S/c1-14(2,3)19-13(18)16-11(8-17)9-20-12(16)10-5-4-6-15-7-10/h4-8,11-12H,9H2,1-3H3/t11-,12?/m1/s1. The molecule has 0 aromatic carbocycles. The smallest absolute Gasteiger partial charge is 0.412 e. The number of hydrogen-bond acceptors (Lipinski definition) is 5. The van der Waals surface area contributed by atoms with Gasteiger partial charge in [-0.25, -0.2) is 4.79 Å². The first-order valence-electron chi connectivity index (χ1n) is 6.40. The van der Waals surface area contributed by atoms with Gasteiger partial charge in [0, 0.05) is 23.7 Å². The monoisotopic (exact) mass is 294 g/mol. The minimum absolute atomic E-state index is 0.228. The lowest BCUT2D eigenvalue weighted by atomic mass is 10.2. The van der Waals surface area contributed by atoms with Crippen LogP contribution in [0.5, 0.6) is 0 Å². The first kappa shape index (κ1) is 14.8. The molecule has 1 saturated heterocycles. The van der Waals surface area contributed by atoms with E-state index in [-0.39, 0.29) is 5.37 Å². The molecule has 108 valence electrons. The van der Waals surface area contributed by atoms with E-state index in [0.717, 1.165) is 11.8 Å². The Balaban J connectivity index is 2.24. The topological polar surface area (TPSA) is 59.5 Å². The summed E-state index contributed by atoms with van der Waals surface area (Å²) in [6, 6.07) is 3.26. The molecule has 2 atom stereocenters. The number of carbonyl (C=O) groups is 2. The maximum Gasteiger partial charge on any atom is 0.412 e. The maximum absolute atomic E-state index is 12.3. The number of pyridine rings is 1. The maximum atomic E-state index is 12.3. The van der Waals surface area contributed by atoms with E-state index < -0.39 is 17.7 Å². The third-order valence-electron chi connectivity index (χ3n) is 2.77. The van der Waals surface area contributed by atoms with Gasteiger partial charge in [0.05, 0.1) is 0 Å². The van der Waals surface area contributed by atoms with Gasteiger partial charge in [0.2, 0.25) is 0 Å². The van der Waals surface area contributed by atoms with Crippen molar-refractivity contribution < 1.29 is 14.3 Å². The largest absolute Gasteiger partial charge is 0.444 e. The van der Waals surface area contributed by atoms with Gasteiger partial charge >= 0.3 is 6.09 Å². The Labute approximate surface area is 122 Å². The van der Waals surface area contributed by atoms with E-state index in [2.05, 4.69) is 4.98 Å². The molecule has 1 unspecified atom stereocenters. The molecule has 1 amide bonds. The van der Waals surface area contributed by atoms with Crippen LogP contribution >= 0.6 is 11.8 Å². The molecule has 1 aromatic rings. The molecule has 0 radical (unpaired) electrons. The highest BCUT2D eigenvalue weighted by Gasteiger charge is 2.40. The third-order valence-corrected chi connectivity index (χ3v) is 4.11. The van der Waals surface area contributed by atoms with E-state index >= 15 is 0 Å². The SMILES string of the molecule is CC(C)(C)OC(=O)N1C(c2cccnc2)SC[C@H]1C=O. The second-order valence-corrected chi connectivity index (χ2v) is 6.68. The van der Waals surface area contributed by atoms with Crippen LogP contribution in [-0.2, 0) is 9.53 Å². The van der Waals surface area contributed by atoms with Crippen molar-refractivity contribution in [2.24, 2.45) is 0 Å². The highest BCUT2D eigenvalue weighted by Crippen LogP contribution is 2.41. The number of carbonyl (C=O) groups excluding carboxylic acids is 2. The Morgan fingerprint density at radius 3 is 2.85 bits per heavy atom. The van der Waals surface area contributed by atoms with Crippen LogP contribution in [0.2, 0.25) is 0 Å². The van der Waals surface area contributed by atoms with Crippen LogP contribution in [0.1, 0.15) is 31.7 Å². The summed E-state index contributed by atoms with van der Waals surface area (Å²) in [5.74, 6) is 0.572. The van der Waals surface area contributed by atoms with Gasteiger partial charge in [-0.3, -0.25) is 9.88 Å². The van der Waals surface area contributed by atoms with Gasteiger partial charge < -0.3 is 9.53 Å². The van der Waals surface area contributed by atoms with Gasteiger partial charge in [-0.05, 0) is 26.8 Å². The zero-order chi connectivity index (χ0) is 14.8. The van der Waals surface area contributed by atoms with Crippen LogP contribution in [0.15, 0.2) is 24.5 Å². The fourth-order valence-electron chi connectivity index (χ4n) is 1.95. The minimum Gasteiger partial charge on any atom is -0.444 e. The molecule has 1 aliphatic rings. The van der Waals surface area contributed by atoms with Crippen molar-refractivity contribution in [2.45, 2.75) is 37.8 Å². The molecule has 5 nitrogen and oxygen atoms in total. The Bertz CT molecular complexity index is 487. The van der Waals surface area contributed by atoms with Crippen molar-refractivity contribution in [3.05, 3.63) is 30.1 Å². The zero-order valence-corrected chi connectivity index (χ0v) is 12.6. The molecular formula is C14H18N2O3S. The number of aromatic nitrogens is 1. The molecule has 2 rings (SSSR count). The summed E-state index contributed by atoms with van der Waals surface area (Å²) in [5, 5.41) is -0.228. The summed E-state index contributed by atoms with van der Waals surface area (Å²) in [4.78, 5) is 29.1. The van der Waals surface area contributed by atoms with E-state index in [4.69, 9.17) is 4.74 Å². The lowest BCUT2D eigenvalue weighted by molar-refractivity contribution is -0.111. The normalized spacial score (nSPS) is 22.6. The van der Waals surface area contributed by atoms with Crippen LogP contribution in [0.25, 0.3) is 0 Å². The van der Waals surface area contributed by atoms with Gasteiger partial charge in [-0.1, -0.05) is 6.07 Å². The van der Waals surface area contributed by atoms with Gasteiger partial charge in [0.15, 0.2) is 0 Å². The summed E-state index contributed by atoms with van der Waals surface area (Å²) in [6.07, 6.45) is 3.72. The molecule has 0 spiro atoms. The van der Waals surface area contributed by atoms with E-state index in [1.165, 1.54) is 4.90 Å². The van der Waals surface area contributed by atoms with Crippen molar-refractivity contribution in [1.29, 1.82) is 0 Å². The predicted octanol–water partition coefficient (Wildman–Crippen LogP) is 2.63. The van der Waals surface area contributed by atoms with Crippen molar-refractivity contribution in [1.82, 2.24) is 9.88 Å². The summed E-state index contributed by atoms with van der Waals surface area (Å²) in [5.41, 5.74) is 0.310. The van der Waals surface area contributed by atoms with Crippen LogP contribution in [0.4, 0.5) is 4.79 Å². The Kier molecular flexibility index (Phi) is 4.32. The molecular weight excluding hydrogens is 276 g/mol. The van der Waals surface area contributed by atoms with Gasteiger partial charge in [-0.15, -0.1) is 11.8 Å². The summed E-state index contributed by atoms with van der Waals surface area (Å²) >= 11 is 1.54. The van der Waals surface area contributed by atoms with Crippen LogP contribution < -0.4 is 0 Å². The highest BCUT2D eigenvalue weighted by atomic mass is 32.2. The number of hydrogen-bond donors (Lipinski definition) is 0. The lowest BCUT2D eigenvalue weighted by Crippen LogP contribution is -2.42. The molecule has 0 aliphatic carbocycles. The molecule has 0 N–H and O–H groups in total. The molecule has 0 bridgehead atoms. The molecule has 1 aromatic heterocycles. The summed E-state index contributed by atoms with van der Waals surface area (Å²) in [6.45, 7) is 5.43. The average molecular weight is 294 g/mol. The molecule has 2 heterocycles. The number of rotatable bonds is 2. The second-order valence-electron chi connectivity index (χ2n) is 5.56. The van der Waals surface area contributed by atoms with Crippen LogP contribution in [0.3, 0.4) is 0 Å². The van der Waals surface area contributed by atoms with E-state index in [9.17, 15) is 9.59 Å². The third kappa shape index (κ3) is 3.30. The number of thioether (sulfide) groups is 1.